The molecule has 0 aliphatic heterocycles. The van der Waals surface area contributed by atoms with Crippen LogP contribution in [0, 0.1) is 0 Å². The van der Waals surface area contributed by atoms with Crippen molar-refractivity contribution >= 4 is 17.7 Å². The van der Waals surface area contributed by atoms with Crippen LogP contribution in [0.5, 0.6) is 5.75 Å². The molecule has 2 N–H and O–H groups in total. The summed E-state index contributed by atoms with van der Waals surface area (Å²) in [5, 5.41) is 8.54. The van der Waals surface area contributed by atoms with Gasteiger partial charge in [-0.05, 0) is 24.3 Å². The van der Waals surface area contributed by atoms with E-state index in [0.717, 1.165) is 11.3 Å². The molecule has 8 nitrogen and oxygen atoms in total. The number of hydrogen-bond acceptors (Lipinski definition) is 9. The van der Waals surface area contributed by atoms with Gasteiger partial charge in [0.05, 0.1) is 12.9 Å². The first kappa shape index (κ1) is 14.3. The van der Waals surface area contributed by atoms with Crippen molar-refractivity contribution in [2.75, 3.05) is 12.8 Å². The Hall–Kier alpha value is -2.68. The average Bonchev–Trinajstić information content (AvgIpc) is 3.02. The Balaban J connectivity index is 1.68. The number of thioether (sulfide) groups is 1. The summed E-state index contributed by atoms with van der Waals surface area (Å²) in [5.74, 6) is 2.34. The zero-order valence-corrected chi connectivity index (χ0v) is 12.4. The van der Waals surface area contributed by atoms with Gasteiger partial charge >= 0.3 is 0 Å². The molecule has 3 aromatic rings. The highest BCUT2D eigenvalue weighted by atomic mass is 32.2. The minimum absolute atomic E-state index is 0.182. The van der Waals surface area contributed by atoms with E-state index in [2.05, 4.69) is 25.1 Å². The van der Waals surface area contributed by atoms with Crippen molar-refractivity contribution < 1.29 is 9.15 Å². The summed E-state index contributed by atoms with van der Waals surface area (Å²) in [6, 6.07) is 7.38. The van der Waals surface area contributed by atoms with Gasteiger partial charge < -0.3 is 14.9 Å². The van der Waals surface area contributed by atoms with E-state index in [1.807, 2.05) is 24.3 Å². The lowest BCUT2D eigenvalue weighted by molar-refractivity contribution is 0.415. The molecule has 0 aliphatic rings. The van der Waals surface area contributed by atoms with Crippen LogP contribution in [-0.4, -0.2) is 32.3 Å². The van der Waals surface area contributed by atoms with Crippen molar-refractivity contribution in [2.45, 2.75) is 10.9 Å². The van der Waals surface area contributed by atoms with E-state index in [1.165, 1.54) is 18.1 Å². The second-order valence-electron chi connectivity index (χ2n) is 4.14. The van der Waals surface area contributed by atoms with Crippen LogP contribution < -0.4 is 10.5 Å². The number of anilines is 1. The summed E-state index contributed by atoms with van der Waals surface area (Å²) in [4.78, 5) is 11.7. The van der Waals surface area contributed by atoms with E-state index < -0.39 is 0 Å². The van der Waals surface area contributed by atoms with Gasteiger partial charge in [-0.1, -0.05) is 11.8 Å². The van der Waals surface area contributed by atoms with E-state index in [4.69, 9.17) is 14.9 Å². The number of rotatable bonds is 5. The summed E-state index contributed by atoms with van der Waals surface area (Å²) >= 11 is 1.34. The molecule has 1 aromatic carbocycles. The Morgan fingerprint density at radius 3 is 2.73 bits per heavy atom. The second-order valence-corrected chi connectivity index (χ2v) is 5.09. The number of hydrogen-bond donors (Lipinski definition) is 1. The Bertz CT molecular complexity index is 761. The molecule has 0 saturated heterocycles. The lowest BCUT2D eigenvalue weighted by Crippen LogP contribution is -1.97. The number of nitrogens with two attached hydrogens (primary N) is 1. The molecule has 0 atom stereocenters. The van der Waals surface area contributed by atoms with Gasteiger partial charge in [0.15, 0.2) is 5.16 Å². The normalized spacial score (nSPS) is 10.6. The molecule has 112 valence electrons. The van der Waals surface area contributed by atoms with Gasteiger partial charge in [-0.3, -0.25) is 0 Å². The quantitative estimate of drug-likeness (QED) is 0.704. The van der Waals surface area contributed by atoms with Crippen LogP contribution in [0.4, 0.5) is 5.95 Å². The summed E-state index contributed by atoms with van der Waals surface area (Å²) in [7, 11) is 1.62. The molecule has 0 radical (unpaired) electrons. The van der Waals surface area contributed by atoms with Crippen LogP contribution in [0.15, 0.2) is 40.2 Å². The van der Waals surface area contributed by atoms with Crippen molar-refractivity contribution in [1.29, 1.82) is 0 Å². The minimum Gasteiger partial charge on any atom is -0.497 e. The number of benzene rings is 1. The SMILES string of the molecule is COc1ccc(-c2nnc(CSc3ncnc(N)n3)o2)cc1. The summed E-state index contributed by atoms with van der Waals surface area (Å²) in [6.07, 6.45) is 1.36. The molecule has 0 bridgehead atoms. The molecule has 0 spiro atoms. The number of nitrogens with zero attached hydrogens (tertiary/aromatic N) is 5. The fourth-order valence-electron chi connectivity index (χ4n) is 1.65. The zero-order valence-electron chi connectivity index (χ0n) is 11.6. The Labute approximate surface area is 130 Å². The summed E-state index contributed by atoms with van der Waals surface area (Å²) < 4.78 is 10.7. The van der Waals surface area contributed by atoms with Gasteiger partial charge in [-0.25, -0.2) is 9.97 Å². The van der Waals surface area contributed by atoms with Gasteiger partial charge in [-0.2, -0.15) is 4.98 Å². The maximum absolute atomic E-state index is 5.61. The molecule has 9 heteroatoms. The molecule has 3 rings (SSSR count). The number of methoxy groups -OCH3 is 1. The molecule has 22 heavy (non-hydrogen) atoms. The highest BCUT2D eigenvalue weighted by Gasteiger charge is 2.10. The first-order chi connectivity index (χ1) is 10.7. The van der Waals surface area contributed by atoms with Crippen LogP contribution in [0.2, 0.25) is 0 Å². The lowest BCUT2D eigenvalue weighted by Gasteiger charge is -1.99. The first-order valence-electron chi connectivity index (χ1n) is 6.29. The number of nitrogen functional groups attached to an aromatic ring is 1. The monoisotopic (exact) mass is 316 g/mol. The molecular formula is C13H12N6O2S. The third-order valence-electron chi connectivity index (χ3n) is 2.70. The fraction of sp³-hybridized carbons (Fsp3) is 0.154. The van der Waals surface area contributed by atoms with E-state index in [0.29, 0.717) is 22.7 Å². The molecule has 0 fully saturated rings. The van der Waals surface area contributed by atoms with Gasteiger partial charge in [0, 0.05) is 5.56 Å². The van der Waals surface area contributed by atoms with Crippen molar-refractivity contribution in [2.24, 2.45) is 0 Å². The molecule has 0 aliphatic carbocycles. The maximum atomic E-state index is 5.61. The zero-order chi connectivity index (χ0) is 15.4. The van der Waals surface area contributed by atoms with Crippen molar-refractivity contribution in [3.8, 4) is 17.2 Å². The fourth-order valence-corrected chi connectivity index (χ4v) is 2.30. The van der Waals surface area contributed by atoms with Gasteiger partial charge in [-0.15, -0.1) is 10.2 Å². The minimum atomic E-state index is 0.182. The predicted octanol–water partition coefficient (Wildman–Crippen LogP) is 1.80. The maximum Gasteiger partial charge on any atom is 0.247 e. The van der Waals surface area contributed by atoms with Crippen molar-refractivity contribution in [3.63, 3.8) is 0 Å². The Morgan fingerprint density at radius 1 is 1.18 bits per heavy atom. The van der Waals surface area contributed by atoms with Crippen molar-refractivity contribution in [3.05, 3.63) is 36.5 Å². The Kier molecular flexibility index (Phi) is 4.15. The van der Waals surface area contributed by atoms with E-state index >= 15 is 0 Å². The highest BCUT2D eigenvalue weighted by Crippen LogP contribution is 2.23. The molecule has 2 aromatic heterocycles. The standard InChI is InChI=1S/C13H12N6O2S/c1-20-9-4-2-8(3-5-9)11-19-18-10(21-11)6-22-13-16-7-15-12(14)17-13/h2-5,7H,6H2,1H3,(H2,14,15,16,17). The largest absolute Gasteiger partial charge is 0.497 e. The second kappa shape index (κ2) is 6.39. The van der Waals surface area contributed by atoms with E-state index in [9.17, 15) is 0 Å². The van der Waals surface area contributed by atoms with Crippen LogP contribution >= 0.6 is 11.8 Å². The van der Waals surface area contributed by atoms with E-state index in [-0.39, 0.29) is 5.95 Å². The van der Waals surface area contributed by atoms with Crippen LogP contribution in [0.1, 0.15) is 5.89 Å². The molecule has 0 unspecified atom stereocenters. The van der Waals surface area contributed by atoms with Crippen LogP contribution in [0.3, 0.4) is 0 Å². The van der Waals surface area contributed by atoms with E-state index in [1.54, 1.807) is 7.11 Å². The highest BCUT2D eigenvalue weighted by molar-refractivity contribution is 7.98. The predicted molar refractivity (Wildman–Crippen MR) is 80.1 cm³/mol. The molecular weight excluding hydrogens is 304 g/mol. The molecule has 2 heterocycles. The average molecular weight is 316 g/mol. The topological polar surface area (TPSA) is 113 Å². The van der Waals surface area contributed by atoms with Crippen LogP contribution in [0.25, 0.3) is 11.5 Å². The molecule has 0 amide bonds. The number of aromatic nitrogens is 5. The van der Waals surface area contributed by atoms with Gasteiger partial charge in [0.25, 0.3) is 0 Å². The molecule has 0 saturated carbocycles. The van der Waals surface area contributed by atoms with Gasteiger partial charge in [0.2, 0.25) is 17.7 Å². The Morgan fingerprint density at radius 2 is 2.00 bits per heavy atom. The van der Waals surface area contributed by atoms with Gasteiger partial charge in [0.1, 0.15) is 12.1 Å². The summed E-state index contributed by atoms with van der Waals surface area (Å²) in [6.45, 7) is 0. The van der Waals surface area contributed by atoms with Crippen LogP contribution in [-0.2, 0) is 5.75 Å². The smallest absolute Gasteiger partial charge is 0.247 e. The lowest BCUT2D eigenvalue weighted by atomic mass is 10.2. The first-order valence-corrected chi connectivity index (χ1v) is 7.27. The number of ether oxygens (including phenoxy) is 1. The third-order valence-corrected chi connectivity index (χ3v) is 3.54. The van der Waals surface area contributed by atoms with Crippen molar-refractivity contribution in [1.82, 2.24) is 25.1 Å². The third kappa shape index (κ3) is 3.31. The summed E-state index contributed by atoms with van der Waals surface area (Å²) in [5.41, 5.74) is 6.32.